The maximum Gasteiger partial charge on any atom is 0.253 e. The number of nitrogens with zero attached hydrogens (tertiary/aromatic N) is 5. The summed E-state index contributed by atoms with van der Waals surface area (Å²) in [6, 6.07) is 7.78. The first-order valence-corrected chi connectivity index (χ1v) is 8.68. The van der Waals surface area contributed by atoms with Crippen molar-refractivity contribution in [3.63, 3.8) is 0 Å². The highest BCUT2D eigenvalue weighted by molar-refractivity contribution is 5.94. The van der Waals surface area contributed by atoms with Gasteiger partial charge in [-0.15, -0.1) is 0 Å². The predicted molar refractivity (Wildman–Crippen MR) is 94.4 cm³/mol. The second-order valence-corrected chi connectivity index (χ2v) is 6.27. The third-order valence-electron chi connectivity index (χ3n) is 4.50. The summed E-state index contributed by atoms with van der Waals surface area (Å²) in [5, 5.41) is 4.10. The monoisotopic (exact) mass is 343 g/mol. The van der Waals surface area contributed by atoms with Crippen molar-refractivity contribution >= 4 is 5.91 Å². The molecule has 2 heterocycles. The molecule has 3 rings (SSSR count). The van der Waals surface area contributed by atoms with Gasteiger partial charge in [0.1, 0.15) is 12.7 Å². The largest absolute Gasteiger partial charge is 0.383 e. The molecule has 0 unspecified atom stereocenters. The lowest BCUT2D eigenvalue weighted by Gasteiger charge is -2.22. The third-order valence-corrected chi connectivity index (χ3v) is 4.50. The molecule has 0 atom stereocenters. The van der Waals surface area contributed by atoms with Crippen LogP contribution in [0, 0.1) is 0 Å². The lowest BCUT2D eigenvalue weighted by molar-refractivity contribution is 0.0759. The number of methoxy groups -OCH3 is 1. The quantitative estimate of drug-likeness (QED) is 0.786. The molecule has 1 aliphatic heterocycles. The highest BCUT2D eigenvalue weighted by atomic mass is 16.5. The van der Waals surface area contributed by atoms with Gasteiger partial charge in [-0.05, 0) is 30.7 Å². The molecule has 7 heteroatoms. The number of benzene rings is 1. The van der Waals surface area contributed by atoms with Crippen molar-refractivity contribution in [3.05, 3.63) is 48.0 Å². The number of amides is 1. The van der Waals surface area contributed by atoms with Crippen LogP contribution in [0.15, 0.2) is 36.9 Å². The number of aromatic nitrogens is 3. The minimum absolute atomic E-state index is 0.112. The summed E-state index contributed by atoms with van der Waals surface area (Å²) in [5.74, 6) is 0.112. The smallest absolute Gasteiger partial charge is 0.253 e. The molecule has 1 aliphatic rings. The Morgan fingerprint density at radius 2 is 2.00 bits per heavy atom. The third kappa shape index (κ3) is 4.87. The molecule has 0 radical (unpaired) electrons. The molecular weight excluding hydrogens is 318 g/mol. The van der Waals surface area contributed by atoms with E-state index in [0.717, 1.165) is 56.9 Å². The van der Waals surface area contributed by atoms with Gasteiger partial charge in [0.15, 0.2) is 0 Å². The molecule has 1 aromatic carbocycles. The van der Waals surface area contributed by atoms with Crippen molar-refractivity contribution in [2.24, 2.45) is 0 Å². The first kappa shape index (κ1) is 17.6. The first-order valence-electron chi connectivity index (χ1n) is 8.68. The van der Waals surface area contributed by atoms with Crippen molar-refractivity contribution in [2.75, 3.05) is 46.4 Å². The van der Waals surface area contributed by atoms with Crippen molar-refractivity contribution in [1.82, 2.24) is 24.6 Å². The zero-order chi connectivity index (χ0) is 17.5. The molecule has 1 aromatic heterocycles. The number of rotatable bonds is 6. The van der Waals surface area contributed by atoms with E-state index in [-0.39, 0.29) is 5.91 Å². The molecule has 1 amide bonds. The van der Waals surface area contributed by atoms with E-state index in [9.17, 15) is 4.79 Å². The number of hydrogen-bond acceptors (Lipinski definition) is 5. The van der Waals surface area contributed by atoms with E-state index in [1.54, 1.807) is 18.1 Å². The molecule has 0 bridgehead atoms. The topological polar surface area (TPSA) is 63.5 Å². The molecule has 1 fully saturated rings. The SMILES string of the molecule is COCCN1CCCN(C(=O)c2ccc(Cn3cncn3)cc2)CC1. The Morgan fingerprint density at radius 1 is 1.16 bits per heavy atom. The van der Waals surface area contributed by atoms with E-state index in [2.05, 4.69) is 15.0 Å². The van der Waals surface area contributed by atoms with Gasteiger partial charge in [0.25, 0.3) is 5.91 Å². The van der Waals surface area contributed by atoms with Crippen molar-refractivity contribution in [3.8, 4) is 0 Å². The summed E-state index contributed by atoms with van der Waals surface area (Å²) < 4.78 is 6.91. The molecular formula is C18H25N5O2. The normalized spacial score (nSPS) is 16.0. The van der Waals surface area contributed by atoms with Crippen molar-refractivity contribution in [1.29, 1.82) is 0 Å². The summed E-state index contributed by atoms with van der Waals surface area (Å²) in [6.07, 6.45) is 4.21. The van der Waals surface area contributed by atoms with Gasteiger partial charge < -0.3 is 9.64 Å². The van der Waals surface area contributed by atoms with Gasteiger partial charge in [0, 0.05) is 38.9 Å². The molecule has 0 saturated carbocycles. The first-order chi connectivity index (χ1) is 12.3. The Hall–Kier alpha value is -2.25. The Morgan fingerprint density at radius 3 is 2.72 bits per heavy atom. The zero-order valence-corrected chi connectivity index (χ0v) is 14.7. The van der Waals surface area contributed by atoms with Gasteiger partial charge in [-0.1, -0.05) is 12.1 Å². The summed E-state index contributed by atoms with van der Waals surface area (Å²) in [6.45, 7) is 5.82. The molecule has 7 nitrogen and oxygen atoms in total. The summed E-state index contributed by atoms with van der Waals surface area (Å²) in [5.41, 5.74) is 1.84. The van der Waals surface area contributed by atoms with Crippen LogP contribution in [-0.2, 0) is 11.3 Å². The lowest BCUT2D eigenvalue weighted by atomic mass is 10.1. The Labute approximate surface area is 148 Å². The molecule has 1 saturated heterocycles. The fraction of sp³-hybridized carbons (Fsp3) is 0.500. The summed E-state index contributed by atoms with van der Waals surface area (Å²) >= 11 is 0. The fourth-order valence-electron chi connectivity index (χ4n) is 3.05. The molecule has 25 heavy (non-hydrogen) atoms. The molecule has 134 valence electrons. The molecule has 0 N–H and O–H groups in total. The van der Waals surface area contributed by atoms with Gasteiger partial charge in [-0.3, -0.25) is 9.69 Å². The average molecular weight is 343 g/mol. The van der Waals surface area contributed by atoms with E-state index >= 15 is 0 Å². The summed E-state index contributed by atoms with van der Waals surface area (Å²) in [7, 11) is 1.72. The maximum atomic E-state index is 12.8. The van der Waals surface area contributed by atoms with Crippen LogP contribution in [-0.4, -0.2) is 76.9 Å². The highest BCUT2D eigenvalue weighted by Crippen LogP contribution is 2.11. The van der Waals surface area contributed by atoms with Gasteiger partial charge in [-0.25, -0.2) is 9.67 Å². The van der Waals surface area contributed by atoms with Gasteiger partial charge in [0.2, 0.25) is 0 Å². The maximum absolute atomic E-state index is 12.8. The van der Waals surface area contributed by atoms with Crippen LogP contribution < -0.4 is 0 Å². The van der Waals surface area contributed by atoms with E-state index in [0.29, 0.717) is 6.54 Å². The number of ether oxygens (including phenoxy) is 1. The van der Waals surface area contributed by atoms with Crippen LogP contribution in [0.25, 0.3) is 0 Å². The van der Waals surface area contributed by atoms with Crippen molar-refractivity contribution < 1.29 is 9.53 Å². The Kier molecular flexibility index (Phi) is 6.14. The van der Waals surface area contributed by atoms with E-state index in [1.807, 2.05) is 29.2 Å². The Balaban J connectivity index is 1.57. The predicted octanol–water partition coefficient (Wildman–Crippen LogP) is 1.12. The summed E-state index contributed by atoms with van der Waals surface area (Å²) in [4.78, 5) is 21.0. The van der Waals surface area contributed by atoms with Crippen LogP contribution in [0.1, 0.15) is 22.3 Å². The second-order valence-electron chi connectivity index (χ2n) is 6.27. The van der Waals surface area contributed by atoms with E-state index < -0.39 is 0 Å². The minimum Gasteiger partial charge on any atom is -0.383 e. The lowest BCUT2D eigenvalue weighted by Crippen LogP contribution is -2.36. The van der Waals surface area contributed by atoms with Crippen molar-refractivity contribution in [2.45, 2.75) is 13.0 Å². The van der Waals surface area contributed by atoms with Gasteiger partial charge in [-0.2, -0.15) is 5.10 Å². The van der Waals surface area contributed by atoms with Crippen LogP contribution in [0.4, 0.5) is 0 Å². The van der Waals surface area contributed by atoms with E-state index in [4.69, 9.17) is 4.74 Å². The molecule has 2 aromatic rings. The number of hydrogen-bond donors (Lipinski definition) is 0. The van der Waals surface area contributed by atoms with E-state index in [1.165, 1.54) is 6.33 Å². The van der Waals surface area contributed by atoms with Crippen LogP contribution in [0.3, 0.4) is 0 Å². The average Bonchev–Trinajstić information content (AvgIpc) is 3.03. The molecule has 0 spiro atoms. The minimum atomic E-state index is 0.112. The number of carbonyl (C=O) groups excluding carboxylic acids is 1. The fourth-order valence-corrected chi connectivity index (χ4v) is 3.05. The standard InChI is InChI=1S/C18H25N5O2/c1-25-12-11-21-7-2-8-22(10-9-21)18(24)17-5-3-16(4-6-17)13-23-15-19-14-20-23/h3-6,14-15H,2,7-13H2,1H3. The zero-order valence-electron chi connectivity index (χ0n) is 14.7. The Bertz CT molecular complexity index is 657. The van der Waals surface area contributed by atoms with Gasteiger partial charge >= 0.3 is 0 Å². The highest BCUT2D eigenvalue weighted by Gasteiger charge is 2.20. The van der Waals surface area contributed by atoms with Gasteiger partial charge in [0.05, 0.1) is 13.2 Å². The van der Waals surface area contributed by atoms with Crippen LogP contribution in [0.5, 0.6) is 0 Å². The van der Waals surface area contributed by atoms with Crippen LogP contribution >= 0.6 is 0 Å². The number of carbonyl (C=O) groups is 1. The second kappa shape index (κ2) is 8.73. The van der Waals surface area contributed by atoms with Crippen LogP contribution in [0.2, 0.25) is 0 Å². The molecule has 0 aliphatic carbocycles.